The Labute approximate surface area is 190 Å². The van der Waals surface area contributed by atoms with Crippen LogP contribution in [0.5, 0.6) is 0 Å². The standard InChI is InChI=1S/C21H16BrClN4O2S/c22-17-8-1-2-9-18(17)24-19(28)13-30-21-26-25-20(14-5-3-6-15(23)11-14)27(21)12-16-7-4-10-29-16/h1-11H,12-13H2,(H,24,28). The molecule has 6 nitrogen and oxygen atoms in total. The molecule has 0 spiro atoms. The molecule has 0 atom stereocenters. The van der Waals surface area contributed by atoms with Gasteiger partial charge in [-0.3, -0.25) is 9.36 Å². The minimum Gasteiger partial charge on any atom is -0.467 e. The third kappa shape index (κ3) is 4.95. The number of hydrogen-bond donors (Lipinski definition) is 1. The molecule has 30 heavy (non-hydrogen) atoms. The van der Waals surface area contributed by atoms with E-state index in [0.717, 1.165) is 21.5 Å². The van der Waals surface area contributed by atoms with Gasteiger partial charge in [0.05, 0.1) is 24.2 Å². The van der Waals surface area contributed by atoms with Gasteiger partial charge in [0.15, 0.2) is 11.0 Å². The second kappa shape index (κ2) is 9.51. The van der Waals surface area contributed by atoms with Crippen molar-refractivity contribution < 1.29 is 9.21 Å². The number of para-hydroxylation sites is 1. The molecule has 0 aliphatic heterocycles. The van der Waals surface area contributed by atoms with Crippen LogP contribution >= 0.6 is 39.3 Å². The van der Waals surface area contributed by atoms with E-state index in [1.54, 1.807) is 12.3 Å². The first-order valence-electron chi connectivity index (χ1n) is 8.99. The van der Waals surface area contributed by atoms with Crippen LogP contribution in [0.15, 0.2) is 81.0 Å². The van der Waals surface area contributed by atoms with E-state index in [0.29, 0.717) is 22.5 Å². The monoisotopic (exact) mass is 502 g/mol. The van der Waals surface area contributed by atoms with Gasteiger partial charge in [-0.1, -0.05) is 47.6 Å². The molecule has 2 aromatic carbocycles. The number of carbonyl (C=O) groups excluding carboxylic acids is 1. The van der Waals surface area contributed by atoms with Crippen molar-refractivity contribution in [2.75, 3.05) is 11.1 Å². The zero-order chi connectivity index (χ0) is 20.9. The maximum absolute atomic E-state index is 12.4. The van der Waals surface area contributed by atoms with Gasteiger partial charge in [-0.15, -0.1) is 10.2 Å². The fourth-order valence-electron chi connectivity index (χ4n) is 2.82. The molecule has 0 aliphatic rings. The van der Waals surface area contributed by atoms with E-state index < -0.39 is 0 Å². The highest BCUT2D eigenvalue weighted by Crippen LogP contribution is 2.27. The number of thioether (sulfide) groups is 1. The summed E-state index contributed by atoms with van der Waals surface area (Å²) in [6, 6.07) is 18.6. The predicted molar refractivity (Wildman–Crippen MR) is 122 cm³/mol. The Hall–Kier alpha value is -2.55. The first-order valence-corrected chi connectivity index (χ1v) is 11.1. The van der Waals surface area contributed by atoms with E-state index in [4.69, 9.17) is 16.0 Å². The normalized spacial score (nSPS) is 10.9. The number of aromatic nitrogens is 3. The van der Waals surface area contributed by atoms with Crippen molar-refractivity contribution >= 4 is 50.9 Å². The number of rotatable bonds is 7. The average Bonchev–Trinajstić information content (AvgIpc) is 3.39. The van der Waals surface area contributed by atoms with Gasteiger partial charge in [-0.2, -0.15) is 0 Å². The quantitative estimate of drug-likeness (QED) is 0.326. The molecule has 0 unspecified atom stereocenters. The molecule has 0 saturated heterocycles. The second-order valence-corrected chi connectivity index (χ2v) is 8.53. The van der Waals surface area contributed by atoms with Crippen molar-refractivity contribution in [2.45, 2.75) is 11.7 Å². The maximum Gasteiger partial charge on any atom is 0.234 e. The largest absolute Gasteiger partial charge is 0.467 e. The zero-order valence-corrected chi connectivity index (χ0v) is 18.7. The van der Waals surface area contributed by atoms with Crippen molar-refractivity contribution in [1.29, 1.82) is 0 Å². The van der Waals surface area contributed by atoms with E-state index in [1.165, 1.54) is 11.8 Å². The van der Waals surface area contributed by atoms with Crippen molar-refractivity contribution in [3.05, 3.63) is 82.2 Å². The van der Waals surface area contributed by atoms with Gasteiger partial charge in [0.2, 0.25) is 5.91 Å². The van der Waals surface area contributed by atoms with Gasteiger partial charge >= 0.3 is 0 Å². The number of nitrogens with zero attached hydrogens (tertiary/aromatic N) is 3. The fraction of sp³-hybridized carbons (Fsp3) is 0.0952. The van der Waals surface area contributed by atoms with E-state index in [1.807, 2.05) is 59.2 Å². The molecule has 0 saturated carbocycles. The highest BCUT2D eigenvalue weighted by molar-refractivity contribution is 9.10. The van der Waals surface area contributed by atoms with Crippen molar-refractivity contribution in [3.8, 4) is 11.4 Å². The maximum atomic E-state index is 12.4. The number of furan rings is 1. The van der Waals surface area contributed by atoms with Crippen LogP contribution in [0.4, 0.5) is 5.69 Å². The number of hydrogen-bond acceptors (Lipinski definition) is 5. The van der Waals surface area contributed by atoms with Crippen molar-refractivity contribution in [1.82, 2.24) is 14.8 Å². The van der Waals surface area contributed by atoms with Crippen LogP contribution in [0.25, 0.3) is 11.4 Å². The van der Waals surface area contributed by atoms with Gasteiger partial charge in [0.1, 0.15) is 5.76 Å². The Morgan fingerprint density at radius 3 is 2.77 bits per heavy atom. The van der Waals surface area contributed by atoms with Crippen LogP contribution in [0, 0.1) is 0 Å². The van der Waals surface area contributed by atoms with E-state index in [-0.39, 0.29) is 11.7 Å². The van der Waals surface area contributed by atoms with Gasteiger partial charge in [0.25, 0.3) is 0 Å². The van der Waals surface area contributed by atoms with Gasteiger partial charge < -0.3 is 9.73 Å². The Bertz CT molecular complexity index is 1160. The third-order valence-electron chi connectivity index (χ3n) is 4.17. The predicted octanol–water partition coefficient (Wildman–Crippen LogP) is 5.73. The topological polar surface area (TPSA) is 73.0 Å². The summed E-state index contributed by atoms with van der Waals surface area (Å²) in [4.78, 5) is 12.4. The van der Waals surface area contributed by atoms with Gasteiger partial charge in [0, 0.05) is 15.1 Å². The summed E-state index contributed by atoms with van der Waals surface area (Å²) in [7, 11) is 0. The van der Waals surface area contributed by atoms with Crippen LogP contribution in [0.2, 0.25) is 5.02 Å². The Morgan fingerprint density at radius 2 is 2.00 bits per heavy atom. The molecular weight excluding hydrogens is 488 g/mol. The summed E-state index contributed by atoms with van der Waals surface area (Å²) >= 11 is 10.9. The molecular formula is C21H16BrClN4O2S. The summed E-state index contributed by atoms with van der Waals surface area (Å²) in [5, 5.41) is 12.8. The lowest BCUT2D eigenvalue weighted by Gasteiger charge is -2.10. The smallest absolute Gasteiger partial charge is 0.234 e. The molecule has 152 valence electrons. The molecule has 4 rings (SSSR count). The van der Waals surface area contributed by atoms with Gasteiger partial charge in [-0.05, 0) is 52.3 Å². The number of amides is 1. The third-order valence-corrected chi connectivity index (χ3v) is 6.07. The summed E-state index contributed by atoms with van der Waals surface area (Å²) in [6.07, 6.45) is 1.62. The van der Waals surface area contributed by atoms with E-state index in [2.05, 4.69) is 31.4 Å². The number of nitrogens with one attached hydrogen (secondary N) is 1. The molecule has 2 heterocycles. The molecule has 0 radical (unpaired) electrons. The minimum absolute atomic E-state index is 0.135. The number of carbonyl (C=O) groups is 1. The first kappa shape index (κ1) is 20.7. The highest BCUT2D eigenvalue weighted by Gasteiger charge is 2.17. The minimum atomic E-state index is -0.135. The summed E-state index contributed by atoms with van der Waals surface area (Å²) in [5.41, 5.74) is 1.56. The molecule has 1 N–H and O–H groups in total. The lowest BCUT2D eigenvalue weighted by molar-refractivity contribution is -0.113. The van der Waals surface area contributed by atoms with E-state index in [9.17, 15) is 4.79 Å². The highest BCUT2D eigenvalue weighted by atomic mass is 79.9. The molecule has 0 bridgehead atoms. The second-order valence-electron chi connectivity index (χ2n) is 6.30. The Morgan fingerprint density at radius 1 is 1.13 bits per heavy atom. The molecule has 0 aliphatic carbocycles. The van der Waals surface area contributed by atoms with Crippen LogP contribution in [-0.2, 0) is 11.3 Å². The van der Waals surface area contributed by atoms with Crippen LogP contribution < -0.4 is 5.32 Å². The molecule has 4 aromatic rings. The lowest BCUT2D eigenvalue weighted by atomic mass is 10.2. The number of halogens is 2. The molecule has 1 amide bonds. The first-order chi connectivity index (χ1) is 14.6. The van der Waals surface area contributed by atoms with Gasteiger partial charge in [-0.25, -0.2) is 0 Å². The molecule has 0 fully saturated rings. The van der Waals surface area contributed by atoms with Crippen molar-refractivity contribution in [2.24, 2.45) is 0 Å². The number of anilines is 1. The average molecular weight is 504 g/mol. The van der Waals surface area contributed by atoms with E-state index >= 15 is 0 Å². The fourth-order valence-corrected chi connectivity index (χ4v) is 4.13. The lowest BCUT2D eigenvalue weighted by Crippen LogP contribution is -2.15. The number of benzene rings is 2. The Balaban J connectivity index is 1.55. The van der Waals surface area contributed by atoms with Crippen LogP contribution in [-0.4, -0.2) is 26.4 Å². The summed E-state index contributed by atoms with van der Waals surface area (Å²) in [5.74, 6) is 1.47. The van der Waals surface area contributed by atoms with Crippen LogP contribution in [0.1, 0.15) is 5.76 Å². The molecule has 2 aromatic heterocycles. The Kier molecular flexibility index (Phi) is 6.56. The summed E-state index contributed by atoms with van der Waals surface area (Å²) in [6.45, 7) is 0.441. The van der Waals surface area contributed by atoms with Crippen molar-refractivity contribution in [3.63, 3.8) is 0 Å². The SMILES string of the molecule is O=C(CSc1nnc(-c2cccc(Cl)c2)n1Cc1ccco1)Nc1ccccc1Br. The molecule has 9 heteroatoms. The summed E-state index contributed by atoms with van der Waals surface area (Å²) < 4.78 is 8.24. The van der Waals surface area contributed by atoms with Crippen LogP contribution in [0.3, 0.4) is 0 Å². The zero-order valence-electron chi connectivity index (χ0n) is 15.6.